The Hall–Kier alpha value is -3.39. The van der Waals surface area contributed by atoms with Gasteiger partial charge in [-0.3, -0.25) is 4.40 Å². The molecule has 0 atom stereocenters. The molecular formula is C26H18IN4O+. The average molecular weight is 529 g/mol. The van der Waals surface area contributed by atoms with Crippen LogP contribution in [0.4, 0.5) is 0 Å². The van der Waals surface area contributed by atoms with Crippen molar-refractivity contribution in [1.82, 2.24) is 14.0 Å². The van der Waals surface area contributed by atoms with E-state index in [1.54, 1.807) is 0 Å². The Labute approximate surface area is 196 Å². The standard InChI is InChI=1S/C26H18IN4O/c1-15-22(27)25-21(16-9-3-6-12-19(16)32-25)24-23(15)31(20-13-7-8-14-29(20)2)26-28-17-10-4-5-11-18(17)30(24)26/h3-14H,1-2H3/q+1. The molecule has 7 aromatic rings. The van der Waals surface area contributed by atoms with Gasteiger partial charge in [0.05, 0.1) is 33.2 Å². The Bertz CT molecular complexity index is 1870. The monoisotopic (exact) mass is 529 g/mol. The van der Waals surface area contributed by atoms with Gasteiger partial charge in [0.1, 0.15) is 11.1 Å². The Morgan fingerprint density at radius 1 is 0.938 bits per heavy atom. The van der Waals surface area contributed by atoms with Crippen LogP contribution in [-0.2, 0) is 7.05 Å². The van der Waals surface area contributed by atoms with E-state index in [4.69, 9.17) is 9.40 Å². The quantitative estimate of drug-likeness (QED) is 0.191. The first-order valence-corrected chi connectivity index (χ1v) is 11.6. The minimum atomic E-state index is 0.902. The maximum absolute atomic E-state index is 6.39. The van der Waals surface area contributed by atoms with Crippen molar-refractivity contribution >= 4 is 72.4 Å². The van der Waals surface area contributed by atoms with Gasteiger partial charge in [-0.25, -0.2) is 4.57 Å². The summed E-state index contributed by atoms with van der Waals surface area (Å²) in [4.78, 5) is 5.09. The molecule has 4 heterocycles. The molecule has 0 amide bonds. The van der Waals surface area contributed by atoms with Crippen molar-refractivity contribution in [2.24, 2.45) is 7.05 Å². The summed E-state index contributed by atoms with van der Waals surface area (Å²) in [7, 11) is 2.08. The van der Waals surface area contributed by atoms with Crippen LogP contribution in [0.25, 0.3) is 55.6 Å². The van der Waals surface area contributed by atoms with Crippen molar-refractivity contribution < 1.29 is 8.98 Å². The van der Waals surface area contributed by atoms with E-state index in [1.165, 1.54) is 5.56 Å². The average Bonchev–Trinajstić information content (AvgIpc) is 3.46. The molecule has 32 heavy (non-hydrogen) atoms. The van der Waals surface area contributed by atoms with Gasteiger partial charge in [0.2, 0.25) is 0 Å². The second kappa shape index (κ2) is 6.32. The summed E-state index contributed by atoms with van der Waals surface area (Å²) in [5, 5.41) is 2.26. The molecule has 0 radical (unpaired) electrons. The third-order valence-electron chi connectivity index (χ3n) is 6.39. The van der Waals surface area contributed by atoms with Crippen LogP contribution < -0.4 is 4.57 Å². The fraction of sp³-hybridized carbons (Fsp3) is 0.0769. The van der Waals surface area contributed by atoms with Crippen LogP contribution in [0.2, 0.25) is 0 Å². The fourth-order valence-corrected chi connectivity index (χ4v) is 5.58. The highest BCUT2D eigenvalue weighted by molar-refractivity contribution is 14.1. The highest BCUT2D eigenvalue weighted by Crippen LogP contribution is 2.42. The van der Waals surface area contributed by atoms with Gasteiger partial charge in [-0.15, -0.1) is 0 Å². The summed E-state index contributed by atoms with van der Waals surface area (Å²) in [5.74, 6) is 1.97. The predicted molar refractivity (Wildman–Crippen MR) is 135 cm³/mol. The molecule has 0 N–H and O–H groups in total. The summed E-state index contributed by atoms with van der Waals surface area (Å²) in [5.41, 5.74) is 7.39. The summed E-state index contributed by atoms with van der Waals surface area (Å²) in [6, 6.07) is 22.9. The predicted octanol–water partition coefficient (Wildman–Crippen LogP) is 6.07. The SMILES string of the molecule is Cc1c(I)c2oc3ccccc3c2c2c1n(-c1cccc[n+]1C)c1nc3ccccc3n21. The molecular weight excluding hydrogens is 511 g/mol. The Kier molecular flexibility index (Phi) is 3.60. The molecule has 5 nitrogen and oxygen atoms in total. The number of rotatable bonds is 1. The molecule has 0 bridgehead atoms. The number of aromatic nitrogens is 4. The zero-order valence-corrected chi connectivity index (χ0v) is 19.7. The minimum absolute atomic E-state index is 0.902. The van der Waals surface area contributed by atoms with Gasteiger partial charge < -0.3 is 4.42 Å². The molecule has 0 unspecified atom stereocenters. The van der Waals surface area contributed by atoms with E-state index < -0.39 is 0 Å². The zero-order chi connectivity index (χ0) is 21.6. The van der Waals surface area contributed by atoms with Crippen molar-refractivity contribution in [3.05, 3.63) is 82.1 Å². The number of aryl methyl sites for hydroxylation is 2. The molecule has 0 saturated carbocycles. The highest BCUT2D eigenvalue weighted by Gasteiger charge is 2.30. The lowest BCUT2D eigenvalue weighted by molar-refractivity contribution is -0.665. The first-order chi connectivity index (χ1) is 15.6. The number of pyridine rings is 1. The molecule has 0 spiro atoms. The molecule has 6 heteroatoms. The molecule has 7 rings (SSSR count). The molecule has 3 aromatic carbocycles. The minimum Gasteiger partial charge on any atom is -0.455 e. The van der Waals surface area contributed by atoms with Gasteiger partial charge >= 0.3 is 5.78 Å². The van der Waals surface area contributed by atoms with Crippen molar-refractivity contribution in [2.45, 2.75) is 6.92 Å². The molecule has 0 aliphatic rings. The molecule has 0 saturated heterocycles. The lowest BCUT2D eigenvalue weighted by atomic mass is 10.1. The van der Waals surface area contributed by atoms with Crippen LogP contribution in [-0.4, -0.2) is 14.0 Å². The van der Waals surface area contributed by atoms with Crippen LogP contribution in [0, 0.1) is 10.5 Å². The number of para-hydroxylation sites is 3. The first-order valence-electron chi connectivity index (χ1n) is 10.5. The number of furan rings is 1. The summed E-state index contributed by atoms with van der Waals surface area (Å²) in [6.45, 7) is 2.18. The zero-order valence-electron chi connectivity index (χ0n) is 17.5. The van der Waals surface area contributed by atoms with Gasteiger partial charge in [0, 0.05) is 17.0 Å². The number of benzene rings is 3. The van der Waals surface area contributed by atoms with Gasteiger partial charge in [-0.1, -0.05) is 36.4 Å². The Balaban J connectivity index is 1.88. The summed E-state index contributed by atoms with van der Waals surface area (Å²) in [6.07, 6.45) is 2.08. The molecule has 0 fully saturated rings. The third-order valence-corrected chi connectivity index (χ3v) is 7.69. The largest absolute Gasteiger partial charge is 0.455 e. The number of imidazole rings is 2. The molecule has 154 valence electrons. The fourth-order valence-electron chi connectivity index (χ4n) is 4.94. The molecule has 0 aliphatic carbocycles. The van der Waals surface area contributed by atoms with Crippen LogP contribution in [0.5, 0.6) is 0 Å². The maximum atomic E-state index is 6.39. The lowest BCUT2D eigenvalue weighted by Crippen LogP contribution is -2.33. The van der Waals surface area contributed by atoms with Crippen LogP contribution in [0.15, 0.2) is 77.3 Å². The van der Waals surface area contributed by atoms with Gasteiger partial charge in [0.15, 0.2) is 11.1 Å². The van der Waals surface area contributed by atoms with Crippen molar-refractivity contribution in [2.75, 3.05) is 0 Å². The van der Waals surface area contributed by atoms with Crippen molar-refractivity contribution in [1.29, 1.82) is 0 Å². The van der Waals surface area contributed by atoms with E-state index in [-0.39, 0.29) is 0 Å². The second-order valence-electron chi connectivity index (χ2n) is 8.18. The summed E-state index contributed by atoms with van der Waals surface area (Å²) >= 11 is 2.43. The van der Waals surface area contributed by atoms with Crippen LogP contribution in [0.3, 0.4) is 0 Å². The highest BCUT2D eigenvalue weighted by atomic mass is 127. The van der Waals surface area contributed by atoms with E-state index >= 15 is 0 Å². The Morgan fingerprint density at radius 2 is 1.72 bits per heavy atom. The normalized spacial score (nSPS) is 12.2. The first kappa shape index (κ1) is 18.2. The topological polar surface area (TPSA) is 39.2 Å². The third kappa shape index (κ3) is 2.17. The van der Waals surface area contributed by atoms with Crippen molar-refractivity contribution in [3.63, 3.8) is 0 Å². The number of nitrogens with zero attached hydrogens (tertiary/aromatic N) is 4. The van der Waals surface area contributed by atoms with Gasteiger partial charge in [-0.05, 0) is 53.8 Å². The number of fused-ring (bicyclic) bond motifs is 9. The van der Waals surface area contributed by atoms with E-state index in [2.05, 4.69) is 98.8 Å². The Morgan fingerprint density at radius 3 is 2.59 bits per heavy atom. The van der Waals surface area contributed by atoms with E-state index in [0.29, 0.717) is 0 Å². The van der Waals surface area contributed by atoms with E-state index in [1.807, 2.05) is 24.3 Å². The maximum Gasteiger partial charge on any atom is 0.312 e. The number of hydrogen-bond donors (Lipinski definition) is 0. The molecule has 0 aliphatic heterocycles. The lowest BCUT2D eigenvalue weighted by Gasteiger charge is -2.05. The van der Waals surface area contributed by atoms with Gasteiger partial charge in [-0.2, -0.15) is 9.55 Å². The van der Waals surface area contributed by atoms with Crippen LogP contribution in [0.1, 0.15) is 5.56 Å². The summed E-state index contributed by atoms with van der Waals surface area (Å²) < 4.78 is 14.2. The second-order valence-corrected chi connectivity index (χ2v) is 9.26. The van der Waals surface area contributed by atoms with Gasteiger partial charge in [0.25, 0.3) is 5.82 Å². The van der Waals surface area contributed by atoms with E-state index in [0.717, 1.165) is 59.2 Å². The number of hydrogen-bond acceptors (Lipinski definition) is 2. The smallest absolute Gasteiger partial charge is 0.312 e. The number of halogens is 1. The van der Waals surface area contributed by atoms with Crippen LogP contribution >= 0.6 is 22.6 Å². The van der Waals surface area contributed by atoms with E-state index in [9.17, 15) is 0 Å². The van der Waals surface area contributed by atoms with Crippen molar-refractivity contribution in [3.8, 4) is 5.82 Å². The molecule has 4 aromatic heterocycles.